The molecule has 0 bridgehead atoms. The molecule has 4 heteroatoms. The van der Waals surface area contributed by atoms with Crippen LogP contribution in [0.3, 0.4) is 0 Å². The number of rotatable bonds is 1. The third-order valence-electron chi connectivity index (χ3n) is 2.14. The summed E-state index contributed by atoms with van der Waals surface area (Å²) in [4.78, 5) is 12.6. The Kier molecular flexibility index (Phi) is 4.08. The van der Waals surface area contributed by atoms with E-state index in [4.69, 9.17) is 0 Å². The Labute approximate surface area is 109 Å². The van der Waals surface area contributed by atoms with Gasteiger partial charge in [0.2, 0.25) is 0 Å². The van der Waals surface area contributed by atoms with Gasteiger partial charge in [0.1, 0.15) is 6.29 Å². The number of nitrogens with zero attached hydrogens (tertiary/aromatic N) is 1. The third kappa shape index (κ3) is 2.15. The first-order chi connectivity index (χ1) is 6.31. The summed E-state index contributed by atoms with van der Waals surface area (Å²) in [5.74, 6) is 0. The number of benzene rings is 1. The summed E-state index contributed by atoms with van der Waals surface area (Å²) in [5, 5.41) is 3.11. The number of nitrogens with one attached hydrogen (secondary N) is 1. The van der Waals surface area contributed by atoms with Crippen LogP contribution < -0.4 is 10.2 Å². The predicted molar refractivity (Wildman–Crippen MR) is 52.6 cm³/mol. The molecule has 0 saturated heterocycles. The molecule has 0 spiro atoms. The maximum Gasteiger partial charge on any atom is 0.113 e. The van der Waals surface area contributed by atoms with Crippen LogP contribution in [0.5, 0.6) is 0 Å². The van der Waals surface area contributed by atoms with Crippen molar-refractivity contribution in [2.24, 2.45) is 0 Å². The van der Waals surface area contributed by atoms with Crippen LogP contribution in [0, 0.1) is 6.54 Å². The average molecular weight is 264 g/mol. The number of fused-ring (bicyclic) bond motifs is 1. The maximum atomic E-state index is 10.6. The maximum absolute atomic E-state index is 10.6. The topological polar surface area (TPSA) is 32.3 Å². The minimum atomic E-state index is -0.208. The van der Waals surface area contributed by atoms with E-state index in [1.165, 1.54) is 0 Å². The van der Waals surface area contributed by atoms with Crippen molar-refractivity contribution in [3.05, 3.63) is 30.8 Å². The molecule has 0 saturated carbocycles. The second kappa shape index (κ2) is 4.90. The van der Waals surface area contributed by atoms with Gasteiger partial charge in [-0.05, 0) is 25.2 Å². The van der Waals surface area contributed by atoms with Gasteiger partial charge in [-0.15, -0.1) is 0 Å². The Morgan fingerprint density at radius 3 is 2.93 bits per heavy atom. The molecule has 0 fully saturated rings. The van der Waals surface area contributed by atoms with Crippen molar-refractivity contribution in [3.8, 4) is 0 Å². The number of para-hydroxylation sites is 2. The Balaban J connectivity index is 0.000000980. The third-order valence-corrected chi connectivity index (χ3v) is 2.14. The van der Waals surface area contributed by atoms with E-state index < -0.39 is 0 Å². The van der Waals surface area contributed by atoms with Crippen LogP contribution in [0.1, 0.15) is 0 Å². The number of hydrogen-bond donors (Lipinski definition) is 1. The fraction of sp³-hybridized carbons (Fsp3) is 0.200. The van der Waals surface area contributed by atoms with Gasteiger partial charge in [-0.2, -0.15) is 0 Å². The Hall–Kier alpha value is -0.406. The molecule has 1 heterocycles. The fourth-order valence-electron chi connectivity index (χ4n) is 1.51. The van der Waals surface area contributed by atoms with Gasteiger partial charge in [0.25, 0.3) is 0 Å². The molecule has 2 rings (SSSR count). The van der Waals surface area contributed by atoms with E-state index in [0.29, 0.717) is 0 Å². The number of aldehydes is 1. The number of likely N-dealkylation sites (N-methyl/N-ethyl adjacent to an activating group) is 1. The molecule has 1 aromatic rings. The quantitative estimate of drug-likeness (QED) is 0.612. The van der Waals surface area contributed by atoms with Crippen LogP contribution in [-0.2, 0) is 37.5 Å². The molecule has 1 aliphatic rings. The number of carbonyl (C=O) groups is 1. The van der Waals surface area contributed by atoms with E-state index in [1.807, 2.05) is 42.8 Å². The van der Waals surface area contributed by atoms with Gasteiger partial charge < -0.3 is 15.0 Å². The summed E-state index contributed by atoms with van der Waals surface area (Å²) < 4.78 is 0. The van der Waals surface area contributed by atoms with Crippen LogP contribution in [0.2, 0.25) is 0 Å². The van der Waals surface area contributed by atoms with E-state index in [-0.39, 0.29) is 38.8 Å². The first kappa shape index (κ1) is 11.7. The zero-order chi connectivity index (χ0) is 9.26. The predicted octanol–water partition coefficient (Wildman–Crippen LogP) is 1.28. The zero-order valence-electron chi connectivity index (χ0n) is 7.97. The monoisotopic (exact) mass is 264 g/mol. The zero-order valence-corrected chi connectivity index (χ0v) is 10.8. The summed E-state index contributed by atoms with van der Waals surface area (Å²) in [7, 11) is 1.94. The van der Waals surface area contributed by atoms with Crippen LogP contribution in [-0.4, -0.2) is 19.4 Å². The largest absolute Gasteiger partial charge is 0.521 e. The number of carbonyl (C=O) groups excluding carboxylic acids is 1. The smallest absolute Gasteiger partial charge is 0.113 e. The van der Waals surface area contributed by atoms with Gasteiger partial charge in [0.05, 0.1) is 5.69 Å². The van der Waals surface area contributed by atoms with Crippen molar-refractivity contribution >= 4 is 17.7 Å². The Bertz CT molecular complexity index is 330. The summed E-state index contributed by atoms with van der Waals surface area (Å²) in [6.07, 6.45) is 0.895. The molecule has 0 aliphatic carbocycles. The van der Waals surface area contributed by atoms with Crippen molar-refractivity contribution in [1.29, 1.82) is 0 Å². The molecule has 1 atom stereocenters. The van der Waals surface area contributed by atoms with E-state index in [9.17, 15) is 4.79 Å². The first-order valence-electron chi connectivity index (χ1n) is 4.20. The summed E-state index contributed by atoms with van der Waals surface area (Å²) >= 11 is 0. The molecule has 1 unspecified atom stereocenters. The molecule has 71 valence electrons. The van der Waals surface area contributed by atoms with Crippen molar-refractivity contribution in [3.63, 3.8) is 0 Å². The molecule has 1 N–H and O–H groups in total. The van der Waals surface area contributed by atoms with Crippen LogP contribution in [0.25, 0.3) is 0 Å². The Morgan fingerprint density at radius 1 is 1.50 bits per heavy atom. The standard InChI is InChI=1S/C10H11N2O.Y/c1-12-6-8(7-13)11-9-4-2-3-5-10(9)12;/h2-8,11H,1H3;/q-1;. The SMILES string of the molecule is CN1[CH-]C(C=O)Nc2ccccc21.[Y]. The summed E-state index contributed by atoms with van der Waals surface area (Å²) in [5.41, 5.74) is 2.10. The van der Waals surface area contributed by atoms with E-state index in [1.54, 1.807) is 0 Å². The average Bonchev–Trinajstić information content (AvgIpc) is 2.18. The molecule has 1 radical (unpaired) electrons. The van der Waals surface area contributed by atoms with Gasteiger partial charge in [-0.25, -0.2) is 6.54 Å². The molecule has 0 aromatic heterocycles. The molecular weight excluding hydrogens is 253 g/mol. The number of anilines is 2. The summed E-state index contributed by atoms with van der Waals surface area (Å²) in [6, 6.07) is 7.70. The fourth-order valence-corrected chi connectivity index (χ4v) is 1.51. The van der Waals surface area contributed by atoms with Crippen molar-refractivity contribution in [2.45, 2.75) is 6.04 Å². The van der Waals surface area contributed by atoms with Crippen LogP contribution in [0.15, 0.2) is 24.3 Å². The normalized spacial score (nSPS) is 18.9. The van der Waals surface area contributed by atoms with Gasteiger partial charge >= 0.3 is 0 Å². The van der Waals surface area contributed by atoms with Gasteiger partial charge in [-0.1, -0.05) is 12.1 Å². The van der Waals surface area contributed by atoms with Gasteiger partial charge in [0, 0.05) is 38.4 Å². The van der Waals surface area contributed by atoms with Gasteiger partial charge in [0.15, 0.2) is 0 Å². The minimum absolute atomic E-state index is 0. The van der Waals surface area contributed by atoms with Crippen molar-refractivity contribution < 1.29 is 37.5 Å². The Morgan fingerprint density at radius 2 is 2.21 bits per heavy atom. The molecule has 14 heavy (non-hydrogen) atoms. The molecule has 1 aromatic carbocycles. The van der Waals surface area contributed by atoms with Crippen LogP contribution in [0.4, 0.5) is 11.4 Å². The second-order valence-corrected chi connectivity index (χ2v) is 3.08. The second-order valence-electron chi connectivity index (χ2n) is 3.08. The molecule has 3 nitrogen and oxygen atoms in total. The molecular formula is C10H11N2OY-. The first-order valence-corrected chi connectivity index (χ1v) is 4.20. The molecule has 0 amide bonds. The van der Waals surface area contributed by atoms with Crippen LogP contribution >= 0.6 is 0 Å². The number of hydrogen-bond acceptors (Lipinski definition) is 3. The molecule has 1 aliphatic heterocycles. The van der Waals surface area contributed by atoms with Gasteiger partial charge in [-0.3, -0.25) is 0 Å². The van der Waals surface area contributed by atoms with Crippen molar-refractivity contribution in [1.82, 2.24) is 0 Å². The summed E-state index contributed by atoms with van der Waals surface area (Å²) in [6.45, 7) is 1.86. The van der Waals surface area contributed by atoms with E-state index in [2.05, 4.69) is 5.32 Å². The minimum Gasteiger partial charge on any atom is -0.521 e. The van der Waals surface area contributed by atoms with E-state index in [0.717, 1.165) is 17.7 Å². The van der Waals surface area contributed by atoms with Crippen molar-refractivity contribution in [2.75, 3.05) is 17.3 Å². The van der Waals surface area contributed by atoms with E-state index >= 15 is 0 Å².